The molecule has 1 aromatic rings. The number of nitrogens with one attached hydrogen (secondary N) is 1. The zero-order valence-corrected chi connectivity index (χ0v) is 21.0. The summed E-state index contributed by atoms with van der Waals surface area (Å²) in [7, 11) is 0. The molecule has 1 aliphatic carbocycles. The topological polar surface area (TPSA) is 116 Å². The van der Waals surface area contributed by atoms with E-state index in [1.807, 2.05) is 62.1 Å². The molecule has 1 aliphatic rings. The van der Waals surface area contributed by atoms with Crippen LogP contribution in [0.15, 0.2) is 42.5 Å². The van der Waals surface area contributed by atoms with E-state index in [1.165, 1.54) is 0 Å². The van der Waals surface area contributed by atoms with E-state index in [0.717, 1.165) is 18.4 Å². The van der Waals surface area contributed by atoms with Crippen molar-refractivity contribution in [2.75, 3.05) is 26.2 Å². The molecule has 34 heavy (non-hydrogen) atoms. The third-order valence-electron chi connectivity index (χ3n) is 6.97. The van der Waals surface area contributed by atoms with Crippen LogP contribution in [0.4, 0.5) is 0 Å². The second kappa shape index (κ2) is 13.0. The van der Waals surface area contributed by atoms with Gasteiger partial charge in [-0.05, 0) is 57.6 Å². The molecule has 5 N–H and O–H groups in total. The average Bonchev–Trinajstić information content (AvgIpc) is 2.83. The molecule has 190 valence electrons. The Kier molecular flexibility index (Phi) is 10.7. The quantitative estimate of drug-likeness (QED) is 0.245. The van der Waals surface area contributed by atoms with Crippen molar-refractivity contribution in [3.8, 4) is 0 Å². The van der Waals surface area contributed by atoms with E-state index >= 15 is 0 Å². The predicted octanol–water partition coefficient (Wildman–Crippen LogP) is 2.41. The SMILES string of the molecule is CCCN(CCC)C(=O)C1(CCCN[C@@H](C)CO)CC=C[C@](Cc2ccccc2)(C(N)=O)[C@@H]1O. The van der Waals surface area contributed by atoms with Crippen molar-refractivity contribution in [1.29, 1.82) is 0 Å². The maximum atomic E-state index is 14.1. The third kappa shape index (κ3) is 6.26. The summed E-state index contributed by atoms with van der Waals surface area (Å²) in [6.07, 6.45) is 5.58. The van der Waals surface area contributed by atoms with Crippen LogP contribution in [0.25, 0.3) is 0 Å². The number of hydrogen-bond acceptors (Lipinski definition) is 5. The van der Waals surface area contributed by atoms with Crippen LogP contribution >= 0.6 is 0 Å². The van der Waals surface area contributed by atoms with Gasteiger partial charge >= 0.3 is 0 Å². The van der Waals surface area contributed by atoms with Crippen LogP contribution in [-0.2, 0) is 16.0 Å². The van der Waals surface area contributed by atoms with Gasteiger partial charge in [-0.15, -0.1) is 0 Å². The normalized spacial score (nSPS) is 25.1. The molecule has 0 saturated carbocycles. The van der Waals surface area contributed by atoms with Crippen LogP contribution in [0, 0.1) is 10.8 Å². The molecule has 0 aliphatic heterocycles. The van der Waals surface area contributed by atoms with Gasteiger partial charge in [0, 0.05) is 19.1 Å². The summed E-state index contributed by atoms with van der Waals surface area (Å²) in [6, 6.07) is 9.44. The molecule has 1 aromatic carbocycles. The minimum Gasteiger partial charge on any atom is -0.395 e. The Hall–Kier alpha value is -2.22. The molecule has 2 amide bonds. The second-order valence-corrected chi connectivity index (χ2v) is 9.67. The van der Waals surface area contributed by atoms with Gasteiger partial charge in [-0.1, -0.05) is 56.3 Å². The number of hydrogen-bond donors (Lipinski definition) is 4. The first-order valence-corrected chi connectivity index (χ1v) is 12.6. The molecule has 1 unspecified atom stereocenters. The van der Waals surface area contributed by atoms with E-state index in [4.69, 9.17) is 5.73 Å². The average molecular weight is 474 g/mol. The number of nitrogens with two attached hydrogens (primary N) is 1. The maximum absolute atomic E-state index is 14.1. The van der Waals surface area contributed by atoms with Gasteiger partial charge in [0.05, 0.1) is 23.5 Å². The van der Waals surface area contributed by atoms with E-state index < -0.39 is 22.8 Å². The minimum absolute atomic E-state index is 0.0259. The first kappa shape index (κ1) is 28.0. The molecule has 0 bridgehead atoms. The summed E-state index contributed by atoms with van der Waals surface area (Å²) in [5, 5.41) is 24.5. The number of amides is 2. The maximum Gasteiger partial charge on any atom is 0.231 e. The molecule has 0 aromatic heterocycles. The fourth-order valence-electron chi connectivity index (χ4n) is 5.11. The van der Waals surface area contributed by atoms with Gasteiger partial charge in [0.25, 0.3) is 0 Å². The molecule has 0 radical (unpaired) electrons. The lowest BCUT2D eigenvalue weighted by atomic mass is 9.58. The lowest BCUT2D eigenvalue weighted by Crippen LogP contribution is -2.61. The van der Waals surface area contributed by atoms with Crippen molar-refractivity contribution in [3.63, 3.8) is 0 Å². The number of rotatable bonds is 14. The fourth-order valence-corrected chi connectivity index (χ4v) is 5.11. The van der Waals surface area contributed by atoms with E-state index in [0.29, 0.717) is 38.9 Å². The van der Waals surface area contributed by atoms with Crippen molar-refractivity contribution < 1.29 is 19.8 Å². The Balaban J connectivity index is 2.46. The standard InChI is InChI=1S/C27H43N3O4/c1-4-17-30(18-5-2)25(34)26(15-10-16-29-21(3)20-31)13-9-14-27(23(26)32,24(28)33)19-22-11-7-6-8-12-22/h6-9,11-12,14,21,23,29,31-32H,4-5,10,13,15-20H2,1-3H3,(H2,28,33)/t21-,23+,26?,27+/m0/s1. The Morgan fingerprint density at radius 3 is 2.41 bits per heavy atom. The molecule has 0 heterocycles. The summed E-state index contributed by atoms with van der Waals surface area (Å²) in [5.74, 6) is -0.733. The van der Waals surface area contributed by atoms with Crippen molar-refractivity contribution in [2.24, 2.45) is 16.6 Å². The zero-order valence-electron chi connectivity index (χ0n) is 21.0. The highest BCUT2D eigenvalue weighted by Crippen LogP contribution is 2.48. The Labute approximate surface area is 204 Å². The number of carbonyl (C=O) groups excluding carboxylic acids is 2. The summed E-state index contributed by atoms with van der Waals surface area (Å²) in [4.78, 5) is 28.8. The number of allylic oxidation sites excluding steroid dienone is 1. The van der Waals surface area contributed by atoms with Crippen molar-refractivity contribution in [1.82, 2.24) is 10.2 Å². The molecule has 0 saturated heterocycles. The number of nitrogens with zero attached hydrogens (tertiary/aromatic N) is 1. The predicted molar refractivity (Wildman–Crippen MR) is 135 cm³/mol. The van der Waals surface area contributed by atoms with Crippen LogP contribution in [0.5, 0.6) is 0 Å². The Bertz CT molecular complexity index is 809. The largest absolute Gasteiger partial charge is 0.395 e. The molecule has 7 heteroatoms. The van der Waals surface area contributed by atoms with Crippen molar-refractivity contribution in [2.45, 2.75) is 71.4 Å². The monoisotopic (exact) mass is 473 g/mol. The van der Waals surface area contributed by atoms with Gasteiger partial charge in [0.15, 0.2) is 0 Å². The van der Waals surface area contributed by atoms with Gasteiger partial charge in [-0.25, -0.2) is 0 Å². The van der Waals surface area contributed by atoms with Crippen LogP contribution in [0.1, 0.15) is 58.4 Å². The van der Waals surface area contributed by atoms with Crippen LogP contribution in [0.2, 0.25) is 0 Å². The molecule has 0 fully saturated rings. The number of primary amides is 1. The highest BCUT2D eigenvalue weighted by atomic mass is 16.3. The summed E-state index contributed by atoms with van der Waals surface area (Å²) in [5.41, 5.74) is 4.32. The van der Waals surface area contributed by atoms with Crippen LogP contribution in [0.3, 0.4) is 0 Å². The molecule has 0 spiro atoms. The Morgan fingerprint density at radius 2 is 1.85 bits per heavy atom. The number of carbonyl (C=O) groups is 2. The molecular formula is C27H43N3O4. The molecule has 7 nitrogen and oxygen atoms in total. The van der Waals surface area contributed by atoms with Gasteiger partial charge in [-0.3, -0.25) is 9.59 Å². The first-order valence-electron chi connectivity index (χ1n) is 12.6. The third-order valence-corrected chi connectivity index (χ3v) is 6.97. The summed E-state index contributed by atoms with van der Waals surface area (Å²) in [6.45, 7) is 7.78. The lowest BCUT2D eigenvalue weighted by Gasteiger charge is -2.49. The number of aliphatic hydroxyl groups is 2. The Morgan fingerprint density at radius 1 is 1.21 bits per heavy atom. The highest BCUT2D eigenvalue weighted by Gasteiger charge is 2.58. The minimum atomic E-state index is -1.37. The zero-order chi connectivity index (χ0) is 25.2. The van der Waals surface area contributed by atoms with Gasteiger partial charge in [0.2, 0.25) is 11.8 Å². The molecule has 4 atom stereocenters. The van der Waals surface area contributed by atoms with Crippen molar-refractivity contribution >= 4 is 11.8 Å². The summed E-state index contributed by atoms with van der Waals surface area (Å²) < 4.78 is 0. The van der Waals surface area contributed by atoms with E-state index in [2.05, 4.69) is 5.32 Å². The van der Waals surface area contributed by atoms with Crippen LogP contribution in [-0.4, -0.2) is 65.3 Å². The van der Waals surface area contributed by atoms with Gasteiger partial charge in [-0.2, -0.15) is 0 Å². The van der Waals surface area contributed by atoms with Crippen LogP contribution < -0.4 is 11.1 Å². The molecule has 2 rings (SSSR count). The second-order valence-electron chi connectivity index (χ2n) is 9.67. The summed E-state index contributed by atoms with van der Waals surface area (Å²) >= 11 is 0. The van der Waals surface area contributed by atoms with E-state index in [1.54, 1.807) is 6.08 Å². The van der Waals surface area contributed by atoms with E-state index in [9.17, 15) is 19.8 Å². The smallest absolute Gasteiger partial charge is 0.231 e. The molecular weight excluding hydrogens is 430 g/mol. The number of aliphatic hydroxyl groups excluding tert-OH is 2. The fraction of sp³-hybridized carbons (Fsp3) is 0.630. The van der Waals surface area contributed by atoms with Gasteiger partial charge < -0.3 is 26.2 Å². The first-order chi connectivity index (χ1) is 16.3. The number of benzene rings is 1. The lowest BCUT2D eigenvalue weighted by molar-refractivity contribution is -0.162. The highest BCUT2D eigenvalue weighted by molar-refractivity contribution is 5.89. The van der Waals surface area contributed by atoms with E-state index in [-0.39, 0.29) is 25.0 Å². The van der Waals surface area contributed by atoms with Gasteiger partial charge in [0.1, 0.15) is 0 Å². The van der Waals surface area contributed by atoms with Crippen molar-refractivity contribution in [3.05, 3.63) is 48.0 Å².